The second-order valence-corrected chi connectivity index (χ2v) is 8.65. The first kappa shape index (κ1) is 20.2. The number of piperidine rings is 1. The molecule has 0 saturated carbocycles. The molecule has 1 aromatic carbocycles. The summed E-state index contributed by atoms with van der Waals surface area (Å²) in [6.07, 6.45) is 7.32. The normalized spacial score (nSPS) is 20.8. The van der Waals surface area contributed by atoms with Gasteiger partial charge < -0.3 is 19.9 Å². The first-order valence-corrected chi connectivity index (χ1v) is 11.3. The van der Waals surface area contributed by atoms with E-state index in [2.05, 4.69) is 38.8 Å². The summed E-state index contributed by atoms with van der Waals surface area (Å²) < 4.78 is 8.12. The summed E-state index contributed by atoms with van der Waals surface area (Å²) in [5.41, 5.74) is 2.59. The number of ether oxygens (including phenoxy) is 1. The molecule has 164 valence electrons. The molecule has 1 unspecified atom stereocenters. The van der Waals surface area contributed by atoms with Gasteiger partial charge in [0.05, 0.1) is 6.33 Å². The lowest BCUT2D eigenvalue weighted by Gasteiger charge is -2.35. The van der Waals surface area contributed by atoms with E-state index >= 15 is 0 Å². The molecule has 0 amide bonds. The Hall–Kier alpha value is -2.71. The van der Waals surface area contributed by atoms with Crippen LogP contribution in [0, 0.1) is 0 Å². The van der Waals surface area contributed by atoms with E-state index in [1.165, 1.54) is 0 Å². The van der Waals surface area contributed by atoms with Gasteiger partial charge in [0.25, 0.3) is 0 Å². The summed E-state index contributed by atoms with van der Waals surface area (Å²) in [4.78, 5) is 19.2. The molecule has 2 aliphatic rings. The van der Waals surface area contributed by atoms with Crippen LogP contribution in [0.2, 0.25) is 0 Å². The van der Waals surface area contributed by atoms with Crippen LogP contribution < -0.4 is 10.2 Å². The summed E-state index contributed by atoms with van der Waals surface area (Å²) in [6.45, 7) is 2.98. The molecule has 0 aliphatic carbocycles. The fraction of sp³-hybridized carbons (Fsp3) is 0.522. The van der Waals surface area contributed by atoms with Crippen molar-refractivity contribution < 1.29 is 4.74 Å². The van der Waals surface area contributed by atoms with Crippen molar-refractivity contribution in [3.05, 3.63) is 36.7 Å². The summed E-state index contributed by atoms with van der Waals surface area (Å²) in [7, 11) is 4.30. The Balaban J connectivity index is 1.54. The van der Waals surface area contributed by atoms with Gasteiger partial charge in [0.2, 0.25) is 5.95 Å². The predicted octanol–water partition coefficient (Wildman–Crippen LogP) is 3.80. The van der Waals surface area contributed by atoms with Crippen LogP contribution in [0.4, 0.5) is 17.5 Å². The number of para-hydroxylation sites is 1. The van der Waals surface area contributed by atoms with Crippen LogP contribution in [-0.2, 0) is 4.74 Å². The Labute approximate surface area is 183 Å². The number of nitrogens with one attached hydrogen (secondary N) is 1. The molecular weight excluding hydrogens is 390 g/mol. The van der Waals surface area contributed by atoms with E-state index in [4.69, 9.17) is 14.7 Å². The molecule has 4 heterocycles. The SMILES string of the molecule is CN1CCC(N(C)c2nc(Nc3ccccc3)c3ncn(C4CCCCO4)c3n2)CC1. The van der Waals surface area contributed by atoms with E-state index in [9.17, 15) is 0 Å². The van der Waals surface area contributed by atoms with Gasteiger partial charge in [-0.2, -0.15) is 9.97 Å². The van der Waals surface area contributed by atoms with Crippen molar-refractivity contribution in [2.24, 2.45) is 0 Å². The van der Waals surface area contributed by atoms with Gasteiger partial charge in [-0.15, -0.1) is 0 Å². The van der Waals surface area contributed by atoms with Gasteiger partial charge in [-0.25, -0.2) is 4.98 Å². The van der Waals surface area contributed by atoms with Crippen molar-refractivity contribution in [2.45, 2.75) is 44.4 Å². The average Bonchev–Trinajstić information content (AvgIpc) is 3.25. The number of benzene rings is 1. The fourth-order valence-electron chi connectivity index (χ4n) is 4.51. The van der Waals surface area contributed by atoms with Gasteiger partial charge in [-0.1, -0.05) is 18.2 Å². The number of hydrogen-bond donors (Lipinski definition) is 1. The number of imidazole rings is 1. The number of likely N-dealkylation sites (tertiary alicyclic amines) is 1. The quantitative estimate of drug-likeness (QED) is 0.672. The van der Waals surface area contributed by atoms with Crippen LogP contribution in [0.5, 0.6) is 0 Å². The third-order valence-corrected chi connectivity index (χ3v) is 6.46. The summed E-state index contributed by atoms with van der Waals surface area (Å²) in [6, 6.07) is 10.5. The lowest BCUT2D eigenvalue weighted by Crippen LogP contribution is -2.42. The molecule has 0 bridgehead atoms. The van der Waals surface area contributed by atoms with Gasteiger partial charge in [0.1, 0.15) is 6.23 Å². The third-order valence-electron chi connectivity index (χ3n) is 6.46. The number of anilines is 3. The number of nitrogens with zero attached hydrogens (tertiary/aromatic N) is 6. The molecule has 31 heavy (non-hydrogen) atoms. The van der Waals surface area contributed by atoms with Gasteiger partial charge in [0.15, 0.2) is 17.0 Å². The molecule has 2 fully saturated rings. The van der Waals surface area contributed by atoms with Gasteiger partial charge in [-0.05, 0) is 64.4 Å². The maximum absolute atomic E-state index is 6.04. The Kier molecular flexibility index (Phi) is 5.74. The standard InChI is InChI=1S/C23H31N7O/c1-28-13-11-18(12-14-28)29(2)23-26-21(25-17-8-4-3-5-9-17)20-22(27-23)30(16-24-20)19-10-6-7-15-31-19/h3-5,8-9,16,18-19H,6-7,10-15H2,1-2H3,(H,25,26,27). The lowest BCUT2D eigenvalue weighted by molar-refractivity contribution is -0.0298. The van der Waals surface area contributed by atoms with E-state index in [0.717, 1.165) is 80.4 Å². The van der Waals surface area contributed by atoms with Crippen LogP contribution in [0.25, 0.3) is 11.2 Å². The Morgan fingerprint density at radius 3 is 2.61 bits per heavy atom. The zero-order valence-corrected chi connectivity index (χ0v) is 18.4. The first-order valence-electron chi connectivity index (χ1n) is 11.3. The summed E-state index contributed by atoms with van der Waals surface area (Å²) in [5, 5.41) is 3.47. The Morgan fingerprint density at radius 2 is 1.87 bits per heavy atom. The minimum atomic E-state index is -0.0142. The maximum atomic E-state index is 6.04. The molecule has 2 aromatic heterocycles. The molecule has 5 rings (SSSR count). The van der Waals surface area contributed by atoms with Crippen molar-refractivity contribution in [3.8, 4) is 0 Å². The van der Waals surface area contributed by atoms with Crippen LogP contribution >= 0.6 is 0 Å². The Bertz CT molecular complexity index is 1010. The van der Waals surface area contributed by atoms with Crippen LogP contribution in [-0.4, -0.2) is 64.3 Å². The van der Waals surface area contributed by atoms with Crippen LogP contribution in [0.15, 0.2) is 36.7 Å². The molecule has 1 N–H and O–H groups in total. The number of rotatable bonds is 5. The first-order chi connectivity index (χ1) is 15.2. The molecule has 0 radical (unpaired) electrons. The third kappa shape index (κ3) is 4.22. The molecule has 2 aliphatic heterocycles. The zero-order valence-electron chi connectivity index (χ0n) is 18.4. The van der Waals surface area contributed by atoms with Crippen molar-refractivity contribution in [1.82, 2.24) is 24.4 Å². The lowest BCUT2D eigenvalue weighted by atomic mass is 10.0. The fourth-order valence-corrected chi connectivity index (χ4v) is 4.51. The minimum Gasteiger partial charge on any atom is -0.358 e. The molecule has 1 atom stereocenters. The van der Waals surface area contributed by atoms with E-state index in [0.29, 0.717) is 6.04 Å². The molecule has 2 saturated heterocycles. The summed E-state index contributed by atoms with van der Waals surface area (Å²) >= 11 is 0. The highest BCUT2D eigenvalue weighted by molar-refractivity contribution is 5.86. The summed E-state index contributed by atoms with van der Waals surface area (Å²) in [5.74, 6) is 1.47. The topological polar surface area (TPSA) is 71.3 Å². The molecule has 3 aromatic rings. The highest BCUT2D eigenvalue weighted by Gasteiger charge is 2.26. The monoisotopic (exact) mass is 421 g/mol. The Morgan fingerprint density at radius 1 is 1.06 bits per heavy atom. The van der Waals surface area contributed by atoms with Crippen LogP contribution in [0.1, 0.15) is 38.3 Å². The van der Waals surface area contributed by atoms with E-state index in [1.807, 2.05) is 36.7 Å². The van der Waals surface area contributed by atoms with Gasteiger partial charge in [0, 0.05) is 25.4 Å². The number of fused-ring (bicyclic) bond motifs is 1. The van der Waals surface area contributed by atoms with Gasteiger partial charge in [-0.3, -0.25) is 4.57 Å². The van der Waals surface area contributed by atoms with Crippen molar-refractivity contribution in [2.75, 3.05) is 44.0 Å². The molecular formula is C23H31N7O. The van der Waals surface area contributed by atoms with Gasteiger partial charge >= 0.3 is 0 Å². The molecule has 0 spiro atoms. The second-order valence-electron chi connectivity index (χ2n) is 8.65. The minimum absolute atomic E-state index is 0.0142. The maximum Gasteiger partial charge on any atom is 0.229 e. The molecule has 8 heteroatoms. The van der Waals surface area contributed by atoms with E-state index in [-0.39, 0.29) is 6.23 Å². The average molecular weight is 422 g/mol. The number of hydrogen-bond acceptors (Lipinski definition) is 7. The zero-order chi connectivity index (χ0) is 21.2. The highest BCUT2D eigenvalue weighted by Crippen LogP contribution is 2.31. The van der Waals surface area contributed by atoms with Crippen molar-refractivity contribution in [3.63, 3.8) is 0 Å². The molecule has 8 nitrogen and oxygen atoms in total. The number of aromatic nitrogens is 4. The smallest absolute Gasteiger partial charge is 0.229 e. The predicted molar refractivity (Wildman–Crippen MR) is 123 cm³/mol. The van der Waals surface area contributed by atoms with Crippen molar-refractivity contribution >= 4 is 28.6 Å². The van der Waals surface area contributed by atoms with Crippen LogP contribution in [0.3, 0.4) is 0 Å². The largest absolute Gasteiger partial charge is 0.358 e. The van der Waals surface area contributed by atoms with Crippen molar-refractivity contribution in [1.29, 1.82) is 0 Å². The van der Waals surface area contributed by atoms with E-state index < -0.39 is 0 Å². The van der Waals surface area contributed by atoms with E-state index in [1.54, 1.807) is 0 Å². The second kappa shape index (κ2) is 8.80. The highest BCUT2D eigenvalue weighted by atomic mass is 16.5.